The molecule has 0 spiro atoms. The summed E-state index contributed by atoms with van der Waals surface area (Å²) in [7, 11) is 1.96. The van der Waals surface area contributed by atoms with Crippen molar-refractivity contribution in [1.29, 1.82) is 0 Å². The van der Waals surface area contributed by atoms with Gasteiger partial charge in [-0.3, -0.25) is 4.98 Å². The highest BCUT2D eigenvalue weighted by atomic mass is 15.2. The van der Waals surface area contributed by atoms with Crippen LogP contribution in [0.4, 0.5) is 11.6 Å². The van der Waals surface area contributed by atoms with Crippen LogP contribution in [-0.4, -0.2) is 26.4 Å². The highest BCUT2D eigenvalue weighted by molar-refractivity contribution is 5.66. The molecule has 0 atom stereocenters. The molecule has 0 amide bonds. The van der Waals surface area contributed by atoms with Gasteiger partial charge in [-0.25, -0.2) is 9.97 Å². The number of hydrogen-bond donors (Lipinski definition) is 1. The third kappa shape index (κ3) is 2.20. The SMILES string of the molecule is CN(Cc1cccnc1)c1nc(N)cn2ccnc12. The van der Waals surface area contributed by atoms with Gasteiger partial charge in [-0.15, -0.1) is 0 Å². The first kappa shape index (κ1) is 11.5. The summed E-state index contributed by atoms with van der Waals surface area (Å²) in [5.74, 6) is 1.23. The Morgan fingerprint density at radius 2 is 2.26 bits per heavy atom. The van der Waals surface area contributed by atoms with Gasteiger partial charge in [-0.2, -0.15) is 0 Å². The molecule has 0 fully saturated rings. The van der Waals surface area contributed by atoms with Gasteiger partial charge in [0.15, 0.2) is 11.5 Å². The summed E-state index contributed by atoms with van der Waals surface area (Å²) >= 11 is 0. The molecule has 6 heteroatoms. The van der Waals surface area contributed by atoms with Gasteiger partial charge in [0.2, 0.25) is 0 Å². The Hall–Kier alpha value is -2.63. The van der Waals surface area contributed by atoms with Crippen molar-refractivity contribution in [2.45, 2.75) is 6.54 Å². The van der Waals surface area contributed by atoms with Crippen LogP contribution in [0.15, 0.2) is 43.1 Å². The molecule has 3 aromatic heterocycles. The largest absolute Gasteiger partial charge is 0.382 e. The second-order valence-electron chi connectivity index (χ2n) is 4.36. The van der Waals surface area contributed by atoms with E-state index < -0.39 is 0 Å². The quantitative estimate of drug-likeness (QED) is 0.763. The summed E-state index contributed by atoms with van der Waals surface area (Å²) < 4.78 is 1.87. The second kappa shape index (κ2) is 4.56. The number of nitrogen functional groups attached to an aromatic ring is 1. The molecule has 2 N–H and O–H groups in total. The summed E-state index contributed by atoms with van der Waals surface area (Å²) in [6, 6.07) is 3.94. The molecular formula is C13H14N6. The van der Waals surface area contributed by atoms with E-state index in [1.807, 2.05) is 40.9 Å². The van der Waals surface area contributed by atoms with Crippen molar-refractivity contribution in [3.63, 3.8) is 0 Å². The first-order valence-corrected chi connectivity index (χ1v) is 5.93. The average molecular weight is 254 g/mol. The van der Waals surface area contributed by atoms with Crippen molar-refractivity contribution >= 4 is 17.3 Å². The first-order chi connectivity index (χ1) is 9.24. The number of nitrogens with two attached hydrogens (primary N) is 1. The maximum absolute atomic E-state index is 5.82. The van der Waals surface area contributed by atoms with Crippen molar-refractivity contribution in [3.8, 4) is 0 Å². The smallest absolute Gasteiger partial charge is 0.180 e. The van der Waals surface area contributed by atoms with Gasteiger partial charge in [0, 0.05) is 38.4 Å². The molecule has 0 unspecified atom stereocenters. The lowest BCUT2D eigenvalue weighted by molar-refractivity contribution is 0.888. The van der Waals surface area contributed by atoms with E-state index in [0.717, 1.165) is 17.0 Å². The second-order valence-corrected chi connectivity index (χ2v) is 4.36. The monoisotopic (exact) mass is 254 g/mol. The average Bonchev–Trinajstić information content (AvgIpc) is 2.86. The molecular weight excluding hydrogens is 240 g/mol. The van der Waals surface area contributed by atoms with Crippen LogP contribution in [0.2, 0.25) is 0 Å². The Labute approximate surface area is 110 Å². The van der Waals surface area contributed by atoms with Crippen LogP contribution < -0.4 is 10.6 Å². The molecule has 0 saturated heterocycles. The first-order valence-electron chi connectivity index (χ1n) is 5.93. The Balaban J connectivity index is 1.97. The van der Waals surface area contributed by atoms with E-state index in [9.17, 15) is 0 Å². The van der Waals surface area contributed by atoms with Crippen LogP contribution in [0.5, 0.6) is 0 Å². The molecule has 96 valence electrons. The fraction of sp³-hybridized carbons (Fsp3) is 0.154. The molecule has 3 aromatic rings. The van der Waals surface area contributed by atoms with Gasteiger partial charge in [0.25, 0.3) is 0 Å². The predicted octanol–water partition coefficient (Wildman–Crippen LogP) is 1.34. The van der Waals surface area contributed by atoms with E-state index in [2.05, 4.69) is 15.0 Å². The summed E-state index contributed by atoms with van der Waals surface area (Å²) in [5.41, 5.74) is 7.72. The van der Waals surface area contributed by atoms with Crippen molar-refractivity contribution < 1.29 is 0 Å². The highest BCUT2D eigenvalue weighted by Gasteiger charge is 2.11. The summed E-state index contributed by atoms with van der Waals surface area (Å²) in [5, 5.41) is 0. The van der Waals surface area contributed by atoms with E-state index in [4.69, 9.17) is 5.73 Å². The number of rotatable bonds is 3. The summed E-state index contributed by atoms with van der Waals surface area (Å²) in [6.45, 7) is 0.701. The molecule has 3 heterocycles. The number of hydrogen-bond acceptors (Lipinski definition) is 5. The minimum absolute atomic E-state index is 0.471. The number of pyridine rings is 1. The van der Waals surface area contributed by atoms with Gasteiger partial charge in [-0.1, -0.05) is 6.07 Å². The van der Waals surface area contributed by atoms with Crippen molar-refractivity contribution in [1.82, 2.24) is 19.4 Å². The van der Waals surface area contributed by atoms with Crippen molar-refractivity contribution in [2.75, 3.05) is 17.7 Å². The standard InChI is InChI=1S/C13H14N6/c1-18(8-10-3-2-4-15-7-10)13-12-16-5-6-19(12)9-11(14)17-13/h2-7,9H,8,14H2,1H3. The molecule has 0 aromatic carbocycles. The highest BCUT2D eigenvalue weighted by Crippen LogP contribution is 2.19. The maximum atomic E-state index is 5.82. The van der Waals surface area contributed by atoms with Gasteiger partial charge in [0.05, 0.1) is 6.20 Å². The van der Waals surface area contributed by atoms with E-state index in [-0.39, 0.29) is 0 Å². The zero-order valence-electron chi connectivity index (χ0n) is 10.6. The van der Waals surface area contributed by atoms with Gasteiger partial charge < -0.3 is 15.0 Å². The third-order valence-electron chi connectivity index (χ3n) is 2.88. The molecule has 0 aliphatic carbocycles. The topological polar surface area (TPSA) is 72.3 Å². The predicted molar refractivity (Wildman–Crippen MR) is 73.7 cm³/mol. The Kier molecular flexibility index (Phi) is 2.75. The lowest BCUT2D eigenvalue weighted by Crippen LogP contribution is -2.19. The number of aromatic nitrogens is 4. The molecule has 3 rings (SSSR count). The maximum Gasteiger partial charge on any atom is 0.180 e. The summed E-state index contributed by atoms with van der Waals surface area (Å²) in [6.07, 6.45) is 8.94. The zero-order chi connectivity index (χ0) is 13.2. The third-order valence-corrected chi connectivity index (χ3v) is 2.88. The zero-order valence-corrected chi connectivity index (χ0v) is 10.6. The van der Waals surface area contributed by atoms with Crippen molar-refractivity contribution in [2.24, 2.45) is 0 Å². The number of nitrogens with zero attached hydrogens (tertiary/aromatic N) is 5. The lowest BCUT2D eigenvalue weighted by Gasteiger charge is -2.18. The van der Waals surface area contributed by atoms with Crippen LogP contribution in [0.25, 0.3) is 5.65 Å². The molecule has 6 nitrogen and oxygen atoms in total. The van der Waals surface area contributed by atoms with E-state index in [1.165, 1.54) is 0 Å². The van der Waals surface area contributed by atoms with E-state index in [1.54, 1.807) is 18.6 Å². The van der Waals surface area contributed by atoms with Gasteiger partial charge >= 0.3 is 0 Å². The van der Waals surface area contributed by atoms with Crippen LogP contribution in [0.1, 0.15) is 5.56 Å². The minimum Gasteiger partial charge on any atom is -0.382 e. The summed E-state index contributed by atoms with van der Waals surface area (Å²) in [4.78, 5) is 14.8. The number of imidazole rings is 1. The van der Waals surface area contributed by atoms with E-state index >= 15 is 0 Å². The van der Waals surface area contributed by atoms with Crippen molar-refractivity contribution in [3.05, 3.63) is 48.7 Å². The van der Waals surface area contributed by atoms with E-state index in [0.29, 0.717) is 12.4 Å². The molecule has 0 saturated carbocycles. The molecule has 0 bridgehead atoms. The van der Waals surface area contributed by atoms with Crippen LogP contribution in [-0.2, 0) is 6.54 Å². The Bertz CT molecular complexity index is 691. The molecule has 0 aliphatic heterocycles. The normalized spacial score (nSPS) is 10.8. The van der Waals surface area contributed by atoms with Crippen LogP contribution in [0, 0.1) is 0 Å². The Morgan fingerprint density at radius 1 is 1.37 bits per heavy atom. The Morgan fingerprint density at radius 3 is 3.05 bits per heavy atom. The van der Waals surface area contributed by atoms with Crippen LogP contribution >= 0.6 is 0 Å². The lowest BCUT2D eigenvalue weighted by atomic mass is 10.3. The minimum atomic E-state index is 0.471. The van der Waals surface area contributed by atoms with Crippen LogP contribution in [0.3, 0.4) is 0 Å². The fourth-order valence-electron chi connectivity index (χ4n) is 2.03. The molecule has 19 heavy (non-hydrogen) atoms. The number of fused-ring (bicyclic) bond motifs is 1. The number of anilines is 2. The van der Waals surface area contributed by atoms with Gasteiger partial charge in [-0.05, 0) is 11.6 Å². The molecule has 0 aliphatic rings. The fourth-order valence-corrected chi connectivity index (χ4v) is 2.03. The van der Waals surface area contributed by atoms with Gasteiger partial charge in [0.1, 0.15) is 5.82 Å². The molecule has 0 radical (unpaired) electrons.